The van der Waals surface area contributed by atoms with Crippen molar-refractivity contribution in [2.75, 3.05) is 13.6 Å². The van der Waals surface area contributed by atoms with Gasteiger partial charge in [0.05, 0.1) is 0 Å². The highest BCUT2D eigenvalue weighted by molar-refractivity contribution is 6.30. The number of alkyl halides is 1. The molecule has 1 atom stereocenters. The molecule has 0 aromatic carbocycles. The van der Waals surface area contributed by atoms with Crippen LogP contribution in [0.5, 0.6) is 0 Å². The predicted octanol–water partition coefficient (Wildman–Crippen LogP) is 1.48. The third kappa shape index (κ3) is 2.70. The summed E-state index contributed by atoms with van der Waals surface area (Å²) in [5, 5.41) is -0.376. The average molecular weight is 176 g/mol. The maximum absolute atomic E-state index is 11.2. The van der Waals surface area contributed by atoms with Gasteiger partial charge >= 0.3 is 0 Å². The maximum atomic E-state index is 11.2. The van der Waals surface area contributed by atoms with Gasteiger partial charge in [-0.25, -0.2) is 0 Å². The number of hydrogen-bond donors (Lipinski definition) is 0. The summed E-state index contributed by atoms with van der Waals surface area (Å²) in [6.45, 7) is 2.60. The van der Waals surface area contributed by atoms with Gasteiger partial charge in [0.25, 0.3) is 0 Å². The van der Waals surface area contributed by atoms with Crippen LogP contribution in [-0.2, 0) is 4.79 Å². The Morgan fingerprint density at radius 3 is 2.64 bits per heavy atom. The molecule has 0 saturated heterocycles. The number of carbonyl (C=O) groups is 1. The van der Waals surface area contributed by atoms with Gasteiger partial charge in [-0.05, 0) is 25.7 Å². The third-order valence-electron chi connectivity index (χ3n) is 1.95. The molecule has 0 bridgehead atoms. The van der Waals surface area contributed by atoms with Gasteiger partial charge in [0, 0.05) is 13.6 Å². The fourth-order valence-electron chi connectivity index (χ4n) is 1.08. The number of carbonyl (C=O) groups excluding carboxylic acids is 1. The Kier molecular flexibility index (Phi) is 2.77. The predicted molar refractivity (Wildman–Crippen MR) is 45.7 cm³/mol. The number of hydrogen-bond acceptors (Lipinski definition) is 1. The molecule has 1 amide bonds. The average Bonchev–Trinajstić information content (AvgIpc) is 2.69. The molecule has 64 valence electrons. The normalized spacial score (nSPS) is 19.5. The molecule has 0 N–H and O–H groups in total. The molecule has 1 fully saturated rings. The molecule has 2 nitrogen and oxygen atoms in total. The van der Waals surface area contributed by atoms with E-state index in [0.717, 1.165) is 12.5 Å². The maximum Gasteiger partial charge on any atom is 0.240 e. The molecule has 1 rings (SSSR count). The molecule has 1 aliphatic rings. The van der Waals surface area contributed by atoms with Gasteiger partial charge in [0.2, 0.25) is 5.91 Å². The van der Waals surface area contributed by atoms with E-state index in [0.29, 0.717) is 0 Å². The molecule has 3 heteroatoms. The third-order valence-corrected chi connectivity index (χ3v) is 2.13. The summed E-state index contributed by atoms with van der Waals surface area (Å²) in [4.78, 5) is 12.9. The number of rotatable bonds is 3. The SMILES string of the molecule is CC(Cl)C(=O)N(C)CC1CC1. The minimum absolute atomic E-state index is 0.0403. The highest BCUT2D eigenvalue weighted by Crippen LogP contribution is 2.29. The highest BCUT2D eigenvalue weighted by Gasteiger charge is 2.25. The Hall–Kier alpha value is -0.240. The van der Waals surface area contributed by atoms with Crippen LogP contribution in [-0.4, -0.2) is 29.8 Å². The summed E-state index contributed by atoms with van der Waals surface area (Å²) >= 11 is 5.64. The van der Waals surface area contributed by atoms with E-state index in [1.54, 1.807) is 11.8 Å². The minimum Gasteiger partial charge on any atom is -0.344 e. The van der Waals surface area contributed by atoms with Crippen molar-refractivity contribution in [1.29, 1.82) is 0 Å². The molecule has 1 unspecified atom stereocenters. The summed E-state index contributed by atoms with van der Waals surface area (Å²) in [7, 11) is 1.82. The first-order valence-electron chi connectivity index (χ1n) is 4.00. The van der Waals surface area contributed by atoms with E-state index in [9.17, 15) is 4.79 Å². The first kappa shape index (κ1) is 8.85. The molecule has 1 saturated carbocycles. The molecule has 0 aliphatic heterocycles. The lowest BCUT2D eigenvalue weighted by Gasteiger charge is -2.17. The van der Waals surface area contributed by atoms with Crippen molar-refractivity contribution in [3.8, 4) is 0 Å². The quantitative estimate of drug-likeness (QED) is 0.596. The van der Waals surface area contributed by atoms with E-state index in [4.69, 9.17) is 11.6 Å². The number of amides is 1. The minimum atomic E-state index is -0.376. The fraction of sp³-hybridized carbons (Fsp3) is 0.875. The lowest BCUT2D eigenvalue weighted by Crippen LogP contribution is -2.33. The van der Waals surface area contributed by atoms with Gasteiger partial charge < -0.3 is 4.90 Å². The van der Waals surface area contributed by atoms with E-state index >= 15 is 0 Å². The molecule has 0 aromatic heterocycles. The monoisotopic (exact) mass is 175 g/mol. The van der Waals surface area contributed by atoms with E-state index in [2.05, 4.69) is 0 Å². The summed E-state index contributed by atoms with van der Waals surface area (Å²) in [5.74, 6) is 0.790. The second kappa shape index (κ2) is 3.44. The van der Waals surface area contributed by atoms with Crippen molar-refractivity contribution in [2.45, 2.75) is 25.1 Å². The van der Waals surface area contributed by atoms with Crippen LogP contribution in [0.1, 0.15) is 19.8 Å². The summed E-state index contributed by atoms with van der Waals surface area (Å²) in [6.07, 6.45) is 2.54. The zero-order chi connectivity index (χ0) is 8.43. The second-order valence-electron chi connectivity index (χ2n) is 3.28. The lowest BCUT2D eigenvalue weighted by molar-refractivity contribution is -0.129. The lowest BCUT2D eigenvalue weighted by atomic mass is 10.3. The van der Waals surface area contributed by atoms with Crippen LogP contribution in [0.4, 0.5) is 0 Å². The molecule has 0 spiro atoms. The second-order valence-corrected chi connectivity index (χ2v) is 3.93. The Balaban J connectivity index is 2.26. The van der Waals surface area contributed by atoms with Crippen molar-refractivity contribution in [1.82, 2.24) is 4.90 Å². The van der Waals surface area contributed by atoms with Crippen LogP contribution in [0.2, 0.25) is 0 Å². The Morgan fingerprint density at radius 1 is 1.73 bits per heavy atom. The van der Waals surface area contributed by atoms with E-state index < -0.39 is 0 Å². The Bertz CT molecular complexity index is 154. The van der Waals surface area contributed by atoms with Crippen molar-refractivity contribution in [2.24, 2.45) is 5.92 Å². The Morgan fingerprint density at radius 2 is 2.27 bits per heavy atom. The summed E-state index contributed by atoms with van der Waals surface area (Å²) in [5.41, 5.74) is 0. The van der Waals surface area contributed by atoms with Crippen LogP contribution < -0.4 is 0 Å². The van der Waals surface area contributed by atoms with Gasteiger partial charge in [-0.3, -0.25) is 4.79 Å². The van der Waals surface area contributed by atoms with Gasteiger partial charge in [0.1, 0.15) is 5.38 Å². The molecule has 0 heterocycles. The van der Waals surface area contributed by atoms with Crippen molar-refractivity contribution in [3.63, 3.8) is 0 Å². The molecule has 11 heavy (non-hydrogen) atoms. The van der Waals surface area contributed by atoms with Gasteiger partial charge in [-0.2, -0.15) is 0 Å². The van der Waals surface area contributed by atoms with Crippen LogP contribution in [0.25, 0.3) is 0 Å². The molecular weight excluding hydrogens is 162 g/mol. The molecular formula is C8H14ClNO. The largest absolute Gasteiger partial charge is 0.344 e. The van der Waals surface area contributed by atoms with E-state index in [1.807, 2.05) is 7.05 Å². The standard InChI is InChI=1S/C8H14ClNO/c1-6(9)8(11)10(2)5-7-3-4-7/h6-7H,3-5H2,1-2H3. The van der Waals surface area contributed by atoms with Crippen molar-refractivity contribution in [3.05, 3.63) is 0 Å². The number of halogens is 1. The van der Waals surface area contributed by atoms with Crippen LogP contribution in [0, 0.1) is 5.92 Å². The van der Waals surface area contributed by atoms with Gasteiger partial charge in [0.15, 0.2) is 0 Å². The van der Waals surface area contributed by atoms with Gasteiger partial charge in [-0.15, -0.1) is 11.6 Å². The zero-order valence-corrected chi connectivity index (χ0v) is 7.77. The van der Waals surface area contributed by atoms with Crippen molar-refractivity contribution < 1.29 is 4.79 Å². The molecule has 0 aromatic rings. The smallest absolute Gasteiger partial charge is 0.240 e. The first-order valence-corrected chi connectivity index (χ1v) is 4.44. The van der Waals surface area contributed by atoms with Gasteiger partial charge in [-0.1, -0.05) is 0 Å². The molecule has 0 radical (unpaired) electrons. The van der Waals surface area contributed by atoms with E-state index in [1.165, 1.54) is 12.8 Å². The summed E-state index contributed by atoms with van der Waals surface area (Å²) < 4.78 is 0. The van der Waals surface area contributed by atoms with Crippen LogP contribution in [0.3, 0.4) is 0 Å². The van der Waals surface area contributed by atoms with Crippen LogP contribution >= 0.6 is 11.6 Å². The van der Waals surface area contributed by atoms with Crippen molar-refractivity contribution >= 4 is 17.5 Å². The zero-order valence-electron chi connectivity index (χ0n) is 7.01. The summed E-state index contributed by atoms with van der Waals surface area (Å²) in [6, 6.07) is 0. The first-order chi connectivity index (χ1) is 5.11. The number of nitrogens with zero attached hydrogens (tertiary/aromatic N) is 1. The fourth-order valence-corrected chi connectivity index (χ4v) is 1.25. The van der Waals surface area contributed by atoms with Crippen LogP contribution in [0.15, 0.2) is 0 Å². The highest BCUT2D eigenvalue weighted by atomic mass is 35.5. The van der Waals surface area contributed by atoms with E-state index in [-0.39, 0.29) is 11.3 Å². The Labute approximate surface area is 72.5 Å². The molecule has 1 aliphatic carbocycles. The topological polar surface area (TPSA) is 20.3 Å².